The van der Waals surface area contributed by atoms with Crippen LogP contribution in [0.2, 0.25) is 0 Å². The van der Waals surface area contributed by atoms with E-state index in [-0.39, 0.29) is 11.9 Å². The minimum Gasteiger partial charge on any atom is -0.497 e. The molecule has 128 valence electrons. The van der Waals surface area contributed by atoms with Crippen LogP contribution in [-0.2, 0) is 18.3 Å². The average molecular weight is 328 g/mol. The molecular formula is C18H24N4O2. The summed E-state index contributed by atoms with van der Waals surface area (Å²) in [5.41, 5.74) is 11.0. The molecule has 1 aromatic carbocycles. The van der Waals surface area contributed by atoms with Crippen LogP contribution in [0.15, 0.2) is 18.2 Å². The Labute approximate surface area is 142 Å². The summed E-state index contributed by atoms with van der Waals surface area (Å²) >= 11 is 0. The zero-order valence-electron chi connectivity index (χ0n) is 14.7. The van der Waals surface area contributed by atoms with Crippen molar-refractivity contribution >= 4 is 11.6 Å². The van der Waals surface area contributed by atoms with E-state index in [2.05, 4.69) is 5.10 Å². The van der Waals surface area contributed by atoms with Gasteiger partial charge >= 0.3 is 0 Å². The van der Waals surface area contributed by atoms with E-state index >= 15 is 0 Å². The van der Waals surface area contributed by atoms with Crippen molar-refractivity contribution < 1.29 is 9.53 Å². The van der Waals surface area contributed by atoms with E-state index in [9.17, 15) is 4.79 Å². The van der Waals surface area contributed by atoms with Crippen LogP contribution in [0.5, 0.6) is 5.75 Å². The summed E-state index contributed by atoms with van der Waals surface area (Å²) in [5.74, 6) is 0.838. The molecule has 3 rings (SSSR count). The Morgan fingerprint density at radius 1 is 1.42 bits per heavy atom. The van der Waals surface area contributed by atoms with Gasteiger partial charge in [-0.3, -0.25) is 9.48 Å². The van der Waals surface area contributed by atoms with Crippen LogP contribution in [0.3, 0.4) is 0 Å². The minimum absolute atomic E-state index is 0.0685. The fourth-order valence-corrected chi connectivity index (χ4v) is 3.33. The number of nitrogens with zero attached hydrogens (tertiary/aromatic N) is 3. The van der Waals surface area contributed by atoms with Crippen LogP contribution >= 0.6 is 0 Å². The van der Waals surface area contributed by atoms with Crippen molar-refractivity contribution in [2.75, 3.05) is 18.6 Å². The second kappa shape index (κ2) is 6.28. The highest BCUT2D eigenvalue weighted by Crippen LogP contribution is 2.35. The number of aromatic nitrogens is 2. The first-order chi connectivity index (χ1) is 11.4. The lowest BCUT2D eigenvalue weighted by Crippen LogP contribution is -2.39. The van der Waals surface area contributed by atoms with Crippen molar-refractivity contribution in [3.05, 3.63) is 40.7 Å². The topological polar surface area (TPSA) is 73.4 Å². The Hall–Kier alpha value is -2.34. The molecule has 0 saturated carbocycles. The molecule has 1 unspecified atom stereocenters. The minimum atomic E-state index is -0.0685. The molecule has 0 spiro atoms. The van der Waals surface area contributed by atoms with E-state index in [1.54, 1.807) is 7.11 Å². The molecule has 1 atom stereocenters. The second-order valence-corrected chi connectivity index (χ2v) is 6.32. The van der Waals surface area contributed by atoms with E-state index in [1.165, 1.54) is 0 Å². The SMILES string of the molecule is COc1ccc2c(c1)C(N)CCN2C(=O)Cc1c(C)nn(C)c1C. The van der Waals surface area contributed by atoms with Crippen LogP contribution in [0, 0.1) is 13.8 Å². The number of hydrogen-bond donors (Lipinski definition) is 1. The standard InChI is InChI=1S/C18H24N4O2/c1-11-14(12(2)21(3)20-11)10-18(23)22-8-7-16(19)15-9-13(24-4)5-6-17(15)22/h5-6,9,16H,7-8,10,19H2,1-4H3. The number of anilines is 1. The predicted octanol–water partition coefficient (Wildman–Crippen LogP) is 2.02. The highest BCUT2D eigenvalue weighted by Gasteiger charge is 2.28. The maximum atomic E-state index is 12.9. The van der Waals surface area contributed by atoms with Gasteiger partial charge in [0, 0.05) is 36.6 Å². The summed E-state index contributed by atoms with van der Waals surface area (Å²) in [6, 6.07) is 5.66. The number of rotatable bonds is 3. The molecule has 24 heavy (non-hydrogen) atoms. The molecule has 0 saturated heterocycles. The van der Waals surface area contributed by atoms with Gasteiger partial charge < -0.3 is 15.4 Å². The highest BCUT2D eigenvalue weighted by atomic mass is 16.5. The average Bonchev–Trinajstić information content (AvgIpc) is 2.81. The van der Waals surface area contributed by atoms with Gasteiger partial charge in [0.25, 0.3) is 0 Å². The molecule has 0 fully saturated rings. The lowest BCUT2D eigenvalue weighted by molar-refractivity contribution is -0.118. The van der Waals surface area contributed by atoms with Crippen molar-refractivity contribution in [1.29, 1.82) is 0 Å². The zero-order valence-corrected chi connectivity index (χ0v) is 14.7. The summed E-state index contributed by atoms with van der Waals surface area (Å²) in [5, 5.41) is 4.40. The van der Waals surface area contributed by atoms with Crippen molar-refractivity contribution in [2.24, 2.45) is 12.8 Å². The number of nitrogens with two attached hydrogens (primary N) is 1. The molecule has 1 amide bonds. The van der Waals surface area contributed by atoms with Crippen molar-refractivity contribution in [2.45, 2.75) is 32.7 Å². The third kappa shape index (κ3) is 2.78. The molecule has 1 aliphatic heterocycles. The quantitative estimate of drug-likeness (QED) is 0.935. The van der Waals surface area contributed by atoms with Gasteiger partial charge in [0.1, 0.15) is 5.75 Å². The molecule has 0 radical (unpaired) electrons. The van der Waals surface area contributed by atoms with Gasteiger partial charge in [-0.15, -0.1) is 0 Å². The molecule has 6 nitrogen and oxygen atoms in total. The molecule has 2 aromatic rings. The lowest BCUT2D eigenvalue weighted by Gasteiger charge is -2.33. The van der Waals surface area contributed by atoms with E-state index in [1.807, 2.05) is 48.7 Å². The molecular weight excluding hydrogens is 304 g/mol. The smallest absolute Gasteiger partial charge is 0.231 e. The lowest BCUT2D eigenvalue weighted by atomic mass is 9.96. The van der Waals surface area contributed by atoms with Crippen LogP contribution in [0.1, 0.15) is 35.0 Å². The maximum Gasteiger partial charge on any atom is 0.231 e. The van der Waals surface area contributed by atoms with Gasteiger partial charge in [-0.05, 0) is 44.0 Å². The number of fused-ring (bicyclic) bond motifs is 1. The molecule has 2 N–H and O–H groups in total. The summed E-state index contributed by atoms with van der Waals surface area (Å²) in [4.78, 5) is 14.8. The second-order valence-electron chi connectivity index (χ2n) is 6.32. The number of ether oxygens (including phenoxy) is 1. The monoisotopic (exact) mass is 328 g/mol. The largest absolute Gasteiger partial charge is 0.497 e. The third-order valence-electron chi connectivity index (χ3n) is 4.88. The Balaban J connectivity index is 1.90. The van der Waals surface area contributed by atoms with Crippen molar-refractivity contribution in [3.63, 3.8) is 0 Å². The first-order valence-electron chi connectivity index (χ1n) is 8.15. The van der Waals surface area contributed by atoms with Gasteiger partial charge in [-0.2, -0.15) is 5.10 Å². The normalized spacial score (nSPS) is 16.9. The number of carbonyl (C=O) groups is 1. The first kappa shape index (κ1) is 16.5. The van der Waals surface area contributed by atoms with E-state index < -0.39 is 0 Å². The Bertz CT molecular complexity index is 782. The van der Waals surface area contributed by atoms with E-state index in [0.29, 0.717) is 13.0 Å². The summed E-state index contributed by atoms with van der Waals surface area (Å²) in [6.07, 6.45) is 1.10. The molecule has 1 aromatic heterocycles. The predicted molar refractivity (Wildman–Crippen MR) is 93.3 cm³/mol. The van der Waals surface area contributed by atoms with E-state index in [0.717, 1.165) is 40.4 Å². The van der Waals surface area contributed by atoms with Crippen LogP contribution < -0.4 is 15.4 Å². The van der Waals surface area contributed by atoms with Gasteiger partial charge in [0.2, 0.25) is 5.91 Å². The molecule has 0 aliphatic carbocycles. The van der Waals surface area contributed by atoms with Crippen LogP contribution in [0.25, 0.3) is 0 Å². The summed E-state index contributed by atoms with van der Waals surface area (Å²) < 4.78 is 7.11. The molecule has 6 heteroatoms. The van der Waals surface area contributed by atoms with Crippen molar-refractivity contribution in [1.82, 2.24) is 9.78 Å². The Morgan fingerprint density at radius 3 is 2.79 bits per heavy atom. The number of carbonyl (C=O) groups excluding carboxylic acids is 1. The molecule has 2 heterocycles. The fourth-order valence-electron chi connectivity index (χ4n) is 3.33. The van der Waals surface area contributed by atoms with Crippen molar-refractivity contribution in [3.8, 4) is 5.75 Å². The van der Waals surface area contributed by atoms with Gasteiger partial charge in [0.15, 0.2) is 0 Å². The zero-order chi connectivity index (χ0) is 17.4. The van der Waals surface area contributed by atoms with Gasteiger partial charge in [0.05, 0.1) is 19.2 Å². The maximum absolute atomic E-state index is 12.9. The summed E-state index contributed by atoms with van der Waals surface area (Å²) in [6.45, 7) is 4.58. The fraction of sp³-hybridized carbons (Fsp3) is 0.444. The van der Waals surface area contributed by atoms with Gasteiger partial charge in [-0.1, -0.05) is 0 Å². The number of hydrogen-bond acceptors (Lipinski definition) is 4. The number of amides is 1. The molecule has 1 aliphatic rings. The Morgan fingerprint density at radius 2 is 2.17 bits per heavy atom. The number of aryl methyl sites for hydroxylation is 2. The van der Waals surface area contributed by atoms with Gasteiger partial charge in [-0.25, -0.2) is 0 Å². The summed E-state index contributed by atoms with van der Waals surface area (Å²) in [7, 11) is 3.53. The Kier molecular flexibility index (Phi) is 4.32. The number of benzene rings is 1. The first-order valence-corrected chi connectivity index (χ1v) is 8.15. The van der Waals surface area contributed by atoms with E-state index in [4.69, 9.17) is 10.5 Å². The number of methoxy groups -OCH3 is 1. The van der Waals surface area contributed by atoms with Crippen LogP contribution in [0.4, 0.5) is 5.69 Å². The third-order valence-corrected chi connectivity index (χ3v) is 4.88. The van der Waals surface area contributed by atoms with Crippen LogP contribution in [-0.4, -0.2) is 29.3 Å². The highest BCUT2D eigenvalue weighted by molar-refractivity contribution is 5.96. The molecule has 0 bridgehead atoms.